The van der Waals surface area contributed by atoms with Crippen LogP contribution in [0.15, 0.2) is 77.4 Å². The Bertz CT molecular complexity index is 633. The minimum atomic E-state index is -0.297. The Hall–Kier alpha value is -2.53. The van der Waals surface area contributed by atoms with Crippen LogP contribution in [0.2, 0.25) is 0 Å². The van der Waals surface area contributed by atoms with Gasteiger partial charge in [-0.3, -0.25) is 9.79 Å². The average Bonchev–Trinajstić information content (AvgIpc) is 2.58. The fourth-order valence-corrected chi connectivity index (χ4v) is 2.30. The van der Waals surface area contributed by atoms with Crippen LogP contribution in [0.1, 0.15) is 12.0 Å². The first kappa shape index (κ1) is 18.5. The summed E-state index contributed by atoms with van der Waals surface area (Å²) in [6.07, 6.45) is 3.53. The third kappa shape index (κ3) is 6.84. The van der Waals surface area contributed by atoms with E-state index in [0.717, 1.165) is 10.5 Å². The largest absolute Gasteiger partial charge is 0.402 e. The predicted molar refractivity (Wildman–Crippen MR) is 101 cm³/mol. The summed E-state index contributed by atoms with van der Waals surface area (Å²) in [5, 5.41) is 4.57. The molecule has 0 aliphatic heterocycles. The van der Waals surface area contributed by atoms with Gasteiger partial charge in [-0.05, 0) is 23.8 Å². The summed E-state index contributed by atoms with van der Waals surface area (Å²) in [5.74, 6) is -0.297. The minimum Gasteiger partial charge on any atom is -0.402 e. The Morgan fingerprint density at radius 3 is 2.65 bits per heavy atom. The van der Waals surface area contributed by atoms with Gasteiger partial charge < -0.3 is 11.1 Å². The highest BCUT2D eigenvalue weighted by molar-refractivity contribution is 8.10. The standard InChI is InChI=1S/C18H21N3OS/c1-4-8-17(20-3)18(22)21-12-11-16(19)13-23-14(2)15-9-6-5-7-10-15/h4-10,13H,1-3,11-12,19H2,(H,21,22)/b16-13-,17-8-. The number of allylic oxidation sites excluding steroid dienone is 2. The molecule has 1 aromatic carbocycles. The van der Waals surface area contributed by atoms with Gasteiger partial charge in [0.2, 0.25) is 0 Å². The highest BCUT2D eigenvalue weighted by atomic mass is 32.2. The van der Waals surface area contributed by atoms with Gasteiger partial charge in [0.15, 0.2) is 0 Å². The molecule has 5 heteroatoms. The maximum atomic E-state index is 11.8. The van der Waals surface area contributed by atoms with Crippen molar-refractivity contribution in [3.05, 3.63) is 78.0 Å². The summed E-state index contributed by atoms with van der Waals surface area (Å²) in [5.41, 5.74) is 7.90. The monoisotopic (exact) mass is 327 g/mol. The normalized spacial score (nSPS) is 11.7. The molecule has 4 nitrogen and oxygen atoms in total. The van der Waals surface area contributed by atoms with Gasteiger partial charge in [0.25, 0.3) is 5.91 Å². The minimum absolute atomic E-state index is 0.231. The van der Waals surface area contributed by atoms with Crippen LogP contribution in [0.3, 0.4) is 0 Å². The van der Waals surface area contributed by atoms with Crippen LogP contribution in [-0.4, -0.2) is 19.2 Å². The Morgan fingerprint density at radius 2 is 2.04 bits per heavy atom. The van der Waals surface area contributed by atoms with Crippen molar-refractivity contribution in [1.29, 1.82) is 0 Å². The SMILES string of the molecule is C=C/C=C(\N=C)C(=O)NCC/C(N)=C/SC(=C)c1ccccc1. The van der Waals surface area contributed by atoms with Gasteiger partial charge in [0.1, 0.15) is 5.70 Å². The zero-order valence-corrected chi connectivity index (χ0v) is 13.8. The van der Waals surface area contributed by atoms with Crippen LogP contribution in [0.4, 0.5) is 0 Å². The van der Waals surface area contributed by atoms with E-state index < -0.39 is 0 Å². The molecule has 1 aromatic rings. The average molecular weight is 327 g/mol. The summed E-state index contributed by atoms with van der Waals surface area (Å²) in [7, 11) is 0. The number of nitrogens with two attached hydrogens (primary N) is 1. The van der Waals surface area contributed by atoms with Crippen molar-refractivity contribution in [3.8, 4) is 0 Å². The first-order valence-electron chi connectivity index (χ1n) is 7.01. The van der Waals surface area contributed by atoms with Crippen molar-refractivity contribution in [1.82, 2.24) is 5.32 Å². The Morgan fingerprint density at radius 1 is 1.35 bits per heavy atom. The lowest BCUT2D eigenvalue weighted by molar-refractivity contribution is -0.117. The zero-order valence-electron chi connectivity index (χ0n) is 13.0. The molecular formula is C18H21N3OS. The molecule has 0 atom stereocenters. The molecule has 0 unspecified atom stereocenters. The number of nitrogens with one attached hydrogen (secondary N) is 1. The molecule has 0 saturated carbocycles. The van der Waals surface area contributed by atoms with Crippen molar-refractivity contribution in [2.24, 2.45) is 10.7 Å². The first-order chi connectivity index (χ1) is 11.1. The van der Waals surface area contributed by atoms with Crippen LogP contribution < -0.4 is 11.1 Å². The molecule has 0 bridgehead atoms. The Labute approximate surface area is 141 Å². The van der Waals surface area contributed by atoms with E-state index in [1.807, 2.05) is 35.7 Å². The smallest absolute Gasteiger partial charge is 0.269 e. The van der Waals surface area contributed by atoms with Gasteiger partial charge in [0, 0.05) is 23.6 Å². The molecule has 23 heavy (non-hydrogen) atoms. The lowest BCUT2D eigenvalue weighted by atomic mass is 10.2. The number of benzene rings is 1. The van der Waals surface area contributed by atoms with Gasteiger partial charge in [-0.15, -0.1) is 0 Å². The molecule has 0 aromatic heterocycles. The van der Waals surface area contributed by atoms with Gasteiger partial charge in [-0.2, -0.15) is 0 Å². The number of hydrogen-bond donors (Lipinski definition) is 2. The predicted octanol–water partition coefficient (Wildman–Crippen LogP) is 3.47. The Kier molecular flexibility index (Phi) is 8.24. The zero-order chi connectivity index (χ0) is 17.1. The van der Waals surface area contributed by atoms with E-state index in [1.165, 1.54) is 23.9 Å². The summed E-state index contributed by atoms with van der Waals surface area (Å²) in [6.45, 7) is 11.3. The van der Waals surface area contributed by atoms with Gasteiger partial charge in [0.05, 0.1) is 0 Å². The van der Waals surface area contributed by atoms with E-state index in [2.05, 4.69) is 30.2 Å². The van der Waals surface area contributed by atoms with Crippen molar-refractivity contribution >= 4 is 29.3 Å². The Balaban J connectivity index is 2.41. The molecule has 0 fully saturated rings. The molecule has 0 saturated heterocycles. The number of carbonyl (C=O) groups is 1. The van der Waals surface area contributed by atoms with Crippen molar-refractivity contribution < 1.29 is 4.79 Å². The summed E-state index contributed by atoms with van der Waals surface area (Å²) in [6, 6.07) is 9.88. The van der Waals surface area contributed by atoms with Crippen LogP contribution in [0.5, 0.6) is 0 Å². The van der Waals surface area contributed by atoms with E-state index in [0.29, 0.717) is 18.7 Å². The van der Waals surface area contributed by atoms with E-state index in [4.69, 9.17) is 5.73 Å². The number of rotatable bonds is 9. The summed E-state index contributed by atoms with van der Waals surface area (Å²) in [4.78, 5) is 16.3. The van der Waals surface area contributed by atoms with Gasteiger partial charge in [-0.25, -0.2) is 0 Å². The van der Waals surface area contributed by atoms with Crippen LogP contribution in [0.25, 0.3) is 4.91 Å². The summed E-state index contributed by atoms with van der Waals surface area (Å²) >= 11 is 1.47. The number of thioether (sulfide) groups is 1. The second-order valence-corrected chi connectivity index (χ2v) is 5.52. The second kappa shape index (κ2) is 10.2. The van der Waals surface area contributed by atoms with E-state index >= 15 is 0 Å². The summed E-state index contributed by atoms with van der Waals surface area (Å²) < 4.78 is 0. The van der Waals surface area contributed by atoms with Gasteiger partial charge in [-0.1, -0.05) is 61.3 Å². The lowest BCUT2D eigenvalue weighted by Gasteiger charge is -2.06. The van der Waals surface area contributed by atoms with E-state index in [9.17, 15) is 4.79 Å². The molecule has 0 heterocycles. The quantitative estimate of drug-likeness (QED) is 0.414. The molecule has 120 valence electrons. The number of nitrogens with zero attached hydrogens (tertiary/aromatic N) is 1. The molecule has 1 amide bonds. The molecule has 0 aliphatic carbocycles. The highest BCUT2D eigenvalue weighted by Gasteiger charge is 2.05. The van der Waals surface area contributed by atoms with Crippen LogP contribution in [0, 0.1) is 0 Å². The molecular weight excluding hydrogens is 306 g/mol. The second-order valence-electron chi connectivity index (χ2n) is 4.55. The fraction of sp³-hybridized carbons (Fsp3) is 0.111. The highest BCUT2D eigenvalue weighted by Crippen LogP contribution is 2.26. The molecule has 0 spiro atoms. The molecule has 3 N–H and O–H groups in total. The number of carbonyl (C=O) groups excluding carboxylic acids is 1. The van der Waals surface area contributed by atoms with E-state index in [-0.39, 0.29) is 11.6 Å². The number of amides is 1. The molecule has 0 aliphatic rings. The van der Waals surface area contributed by atoms with Crippen molar-refractivity contribution in [2.75, 3.05) is 6.54 Å². The maximum absolute atomic E-state index is 11.8. The lowest BCUT2D eigenvalue weighted by Crippen LogP contribution is -2.26. The third-order valence-electron chi connectivity index (χ3n) is 2.83. The first-order valence-corrected chi connectivity index (χ1v) is 7.89. The maximum Gasteiger partial charge on any atom is 0.269 e. The van der Waals surface area contributed by atoms with Crippen molar-refractivity contribution in [2.45, 2.75) is 6.42 Å². The third-order valence-corrected chi connectivity index (χ3v) is 3.77. The van der Waals surface area contributed by atoms with Crippen LogP contribution in [-0.2, 0) is 4.79 Å². The van der Waals surface area contributed by atoms with E-state index in [1.54, 1.807) is 0 Å². The molecule has 0 radical (unpaired) electrons. The van der Waals surface area contributed by atoms with Gasteiger partial charge >= 0.3 is 0 Å². The number of aliphatic imine (C=N–C) groups is 1. The van der Waals surface area contributed by atoms with Crippen LogP contribution >= 0.6 is 11.8 Å². The molecule has 1 rings (SSSR count). The number of hydrogen-bond acceptors (Lipinski definition) is 4. The topological polar surface area (TPSA) is 67.5 Å². The fourth-order valence-electron chi connectivity index (χ4n) is 1.62. The van der Waals surface area contributed by atoms with Crippen molar-refractivity contribution in [3.63, 3.8) is 0 Å².